The van der Waals surface area contributed by atoms with Gasteiger partial charge in [-0.2, -0.15) is 0 Å². The van der Waals surface area contributed by atoms with E-state index in [4.69, 9.17) is 4.42 Å². The Morgan fingerprint density at radius 2 is 0.717 bits per heavy atom. The van der Waals surface area contributed by atoms with E-state index in [9.17, 15) is 0 Å². The molecule has 0 N–H and O–H groups in total. The molecule has 0 bridgehead atoms. The van der Waals surface area contributed by atoms with Crippen LogP contribution in [0.4, 0.5) is 0 Å². The third-order valence-electron chi connectivity index (χ3n) is 11.1. The summed E-state index contributed by atoms with van der Waals surface area (Å²) in [7, 11) is 0. The maximum atomic E-state index is 6.77. The van der Waals surface area contributed by atoms with E-state index in [0.29, 0.717) is 0 Å². The fourth-order valence-corrected chi connectivity index (χ4v) is 8.81. The van der Waals surface area contributed by atoms with Crippen LogP contribution in [-0.2, 0) is 0 Å². The molecular weight excluding hydrogens is 641 g/mol. The molecule has 0 unspecified atom stereocenters. The van der Waals surface area contributed by atoms with Crippen LogP contribution in [0.15, 0.2) is 199 Å². The minimum atomic E-state index is 0.906. The van der Waals surface area contributed by atoms with Crippen molar-refractivity contribution in [2.75, 3.05) is 0 Å². The molecule has 11 rings (SSSR count). The Morgan fingerprint density at radius 3 is 1.38 bits per heavy atom. The highest BCUT2D eigenvalue weighted by atomic mass is 16.3. The zero-order valence-corrected chi connectivity index (χ0v) is 28.9. The smallest absolute Gasteiger partial charge is 0.144 e. The summed E-state index contributed by atoms with van der Waals surface area (Å²) < 4.78 is 6.77. The summed E-state index contributed by atoms with van der Waals surface area (Å²) in [4.78, 5) is 0. The van der Waals surface area contributed by atoms with Gasteiger partial charge in [-0.05, 0) is 82.5 Å². The Kier molecular flexibility index (Phi) is 6.62. The van der Waals surface area contributed by atoms with Crippen molar-refractivity contribution >= 4 is 65.0 Å². The summed E-state index contributed by atoms with van der Waals surface area (Å²) >= 11 is 0. The lowest BCUT2D eigenvalue weighted by molar-refractivity contribution is 0.670. The number of hydrogen-bond donors (Lipinski definition) is 0. The van der Waals surface area contributed by atoms with E-state index >= 15 is 0 Å². The molecule has 53 heavy (non-hydrogen) atoms. The average molecular weight is 673 g/mol. The number of benzene rings is 10. The van der Waals surface area contributed by atoms with Gasteiger partial charge in [-0.3, -0.25) is 0 Å². The van der Waals surface area contributed by atoms with E-state index in [0.717, 1.165) is 33.2 Å². The molecule has 0 aliphatic heterocycles. The zero-order valence-electron chi connectivity index (χ0n) is 28.9. The van der Waals surface area contributed by atoms with Gasteiger partial charge in [-0.15, -0.1) is 0 Å². The highest BCUT2D eigenvalue weighted by Gasteiger charge is 2.23. The first-order chi connectivity index (χ1) is 26.3. The molecule has 11 aromatic rings. The predicted octanol–water partition coefficient (Wildman–Crippen LogP) is 14.9. The van der Waals surface area contributed by atoms with Crippen molar-refractivity contribution in [1.29, 1.82) is 0 Å². The van der Waals surface area contributed by atoms with E-state index in [2.05, 4.69) is 194 Å². The lowest BCUT2D eigenvalue weighted by Gasteiger charge is -2.19. The maximum absolute atomic E-state index is 6.77. The fourth-order valence-electron chi connectivity index (χ4n) is 8.81. The fraction of sp³-hybridized carbons (Fsp3) is 0. The number of hydrogen-bond acceptors (Lipinski definition) is 1. The summed E-state index contributed by atoms with van der Waals surface area (Å²) in [6.07, 6.45) is 0. The van der Waals surface area contributed by atoms with Crippen molar-refractivity contribution in [1.82, 2.24) is 0 Å². The first-order valence-electron chi connectivity index (χ1n) is 18.3. The first-order valence-corrected chi connectivity index (χ1v) is 18.3. The van der Waals surface area contributed by atoms with Crippen molar-refractivity contribution in [3.63, 3.8) is 0 Å². The Labute approximate surface area is 307 Å². The van der Waals surface area contributed by atoms with Gasteiger partial charge in [0.05, 0.1) is 0 Å². The van der Waals surface area contributed by atoms with Crippen LogP contribution in [0, 0.1) is 0 Å². The molecule has 10 aromatic carbocycles. The van der Waals surface area contributed by atoms with Crippen LogP contribution in [0.5, 0.6) is 0 Å². The third-order valence-corrected chi connectivity index (χ3v) is 11.1. The van der Waals surface area contributed by atoms with Gasteiger partial charge in [-0.1, -0.05) is 188 Å². The van der Waals surface area contributed by atoms with Crippen molar-refractivity contribution < 1.29 is 4.42 Å². The number of fused-ring (bicyclic) bond motifs is 8. The summed E-state index contributed by atoms with van der Waals surface area (Å²) in [5.41, 5.74) is 11.4. The number of rotatable bonds is 4. The van der Waals surface area contributed by atoms with Crippen molar-refractivity contribution in [3.8, 4) is 44.5 Å². The molecule has 0 fully saturated rings. The third kappa shape index (κ3) is 4.51. The standard InChI is InChI=1S/C52H32O/c1-2-16-34(17-3-1)49-48(41-22-8-11-25-44(41)51-45-26-12-13-28-46(45)53-52(49)51)36-31-29-35(30-32-36)47-39-20-6-9-23-42(39)50(43-24-10-7-21-40(43)47)38-27-14-18-33-15-4-5-19-37(33)38/h1-32H. The molecule has 1 heterocycles. The lowest BCUT2D eigenvalue weighted by Crippen LogP contribution is -1.92. The molecule has 1 heteroatoms. The molecule has 0 amide bonds. The molecule has 1 aromatic heterocycles. The summed E-state index contributed by atoms with van der Waals surface area (Å²) in [5, 5.41) is 12.3. The maximum Gasteiger partial charge on any atom is 0.144 e. The van der Waals surface area contributed by atoms with Crippen molar-refractivity contribution in [3.05, 3.63) is 194 Å². The molecule has 0 aliphatic rings. The van der Waals surface area contributed by atoms with Gasteiger partial charge in [-0.25, -0.2) is 0 Å². The molecule has 0 atom stereocenters. The summed E-state index contributed by atoms with van der Waals surface area (Å²) in [5.74, 6) is 0. The first kappa shape index (κ1) is 29.7. The van der Waals surface area contributed by atoms with Crippen molar-refractivity contribution in [2.45, 2.75) is 0 Å². The van der Waals surface area contributed by atoms with E-state index in [1.165, 1.54) is 76.3 Å². The molecule has 0 aliphatic carbocycles. The molecule has 0 saturated heterocycles. The predicted molar refractivity (Wildman–Crippen MR) is 225 cm³/mol. The van der Waals surface area contributed by atoms with Gasteiger partial charge in [0.1, 0.15) is 11.2 Å². The van der Waals surface area contributed by atoms with Crippen LogP contribution in [0.1, 0.15) is 0 Å². The van der Waals surface area contributed by atoms with Crippen LogP contribution in [0.2, 0.25) is 0 Å². The topological polar surface area (TPSA) is 13.1 Å². The second kappa shape index (κ2) is 11.8. The Hall–Kier alpha value is -6.96. The van der Waals surface area contributed by atoms with Gasteiger partial charge >= 0.3 is 0 Å². The van der Waals surface area contributed by atoms with E-state index < -0.39 is 0 Å². The van der Waals surface area contributed by atoms with Crippen LogP contribution in [-0.4, -0.2) is 0 Å². The minimum absolute atomic E-state index is 0.906. The number of furan rings is 1. The largest absolute Gasteiger partial charge is 0.455 e. The van der Waals surface area contributed by atoms with Crippen LogP contribution < -0.4 is 0 Å². The minimum Gasteiger partial charge on any atom is -0.455 e. The van der Waals surface area contributed by atoms with E-state index in [1.54, 1.807) is 0 Å². The van der Waals surface area contributed by atoms with Crippen LogP contribution >= 0.6 is 0 Å². The second-order valence-electron chi connectivity index (χ2n) is 13.9. The second-order valence-corrected chi connectivity index (χ2v) is 13.9. The summed E-state index contributed by atoms with van der Waals surface area (Å²) in [6, 6.07) is 70.4. The Morgan fingerprint density at radius 1 is 0.264 bits per heavy atom. The lowest BCUT2D eigenvalue weighted by atomic mass is 9.84. The highest BCUT2D eigenvalue weighted by molar-refractivity contribution is 6.28. The SMILES string of the molecule is c1ccc(-c2c(-c3ccc(-c4c5ccccc5c(-c5cccc6ccccc56)c5ccccc45)cc3)c3ccccc3c3c2oc2ccccc23)cc1. The van der Waals surface area contributed by atoms with Gasteiger partial charge in [0.2, 0.25) is 0 Å². The summed E-state index contributed by atoms with van der Waals surface area (Å²) in [6.45, 7) is 0. The van der Waals surface area contributed by atoms with Gasteiger partial charge < -0.3 is 4.42 Å². The average Bonchev–Trinajstić information content (AvgIpc) is 3.62. The quantitative estimate of drug-likeness (QED) is 0.170. The molecule has 0 radical (unpaired) electrons. The van der Waals surface area contributed by atoms with Gasteiger partial charge in [0, 0.05) is 21.9 Å². The Bertz CT molecular complexity index is 3140. The monoisotopic (exact) mass is 672 g/mol. The normalized spacial score (nSPS) is 11.8. The van der Waals surface area contributed by atoms with Crippen molar-refractivity contribution in [2.24, 2.45) is 0 Å². The molecule has 1 nitrogen and oxygen atoms in total. The van der Waals surface area contributed by atoms with Gasteiger partial charge in [0.15, 0.2) is 0 Å². The highest BCUT2D eigenvalue weighted by Crippen LogP contribution is 2.49. The molecule has 0 saturated carbocycles. The number of para-hydroxylation sites is 1. The zero-order chi connectivity index (χ0) is 34.9. The van der Waals surface area contributed by atoms with Gasteiger partial charge in [0.25, 0.3) is 0 Å². The van der Waals surface area contributed by atoms with E-state index in [-0.39, 0.29) is 0 Å². The van der Waals surface area contributed by atoms with E-state index in [1.807, 2.05) is 0 Å². The molecule has 246 valence electrons. The molecular formula is C52H32O. The Balaban J connectivity index is 1.18. The molecule has 0 spiro atoms. The van der Waals surface area contributed by atoms with Crippen LogP contribution in [0.3, 0.4) is 0 Å². The van der Waals surface area contributed by atoms with Crippen LogP contribution in [0.25, 0.3) is 110 Å².